The molecule has 4 nitrogen and oxygen atoms in total. The van der Waals surface area contributed by atoms with Gasteiger partial charge in [0, 0.05) is 17.8 Å². The van der Waals surface area contributed by atoms with Crippen molar-refractivity contribution < 1.29 is 0 Å². The Morgan fingerprint density at radius 3 is 2.62 bits per heavy atom. The van der Waals surface area contributed by atoms with E-state index in [1.54, 1.807) is 18.1 Å². The first-order valence-corrected chi connectivity index (χ1v) is 8.16. The van der Waals surface area contributed by atoms with Crippen molar-refractivity contribution in [3.63, 3.8) is 0 Å². The predicted octanol–water partition coefficient (Wildman–Crippen LogP) is 4.02. The maximum atomic E-state index is 4.58. The lowest BCUT2D eigenvalue weighted by molar-refractivity contribution is 0.909. The molecular formula is C16H22N4S. The van der Waals surface area contributed by atoms with E-state index in [1.165, 1.54) is 5.56 Å². The lowest BCUT2D eigenvalue weighted by atomic mass is 10.2. The lowest BCUT2D eigenvalue weighted by Crippen LogP contribution is -2.07. The molecule has 0 atom stereocenters. The van der Waals surface area contributed by atoms with Gasteiger partial charge in [-0.15, -0.1) is 0 Å². The highest BCUT2D eigenvalue weighted by Gasteiger charge is 2.12. The maximum Gasteiger partial charge on any atom is 0.133 e. The van der Waals surface area contributed by atoms with E-state index in [2.05, 4.69) is 53.2 Å². The second-order valence-electron chi connectivity index (χ2n) is 5.01. The Bertz CT molecular complexity index is 593. The molecule has 2 aromatic rings. The quantitative estimate of drug-likeness (QED) is 0.817. The standard InChI is InChI=1S/C16H22N4S/c1-5-7-17-15-13(6-2)16(19-10-18-15)21-14-9-11(3)8-12(4)20-14/h8-10H,5-7H2,1-4H3,(H,17,18,19). The Hall–Kier alpha value is -1.62. The number of nitrogens with one attached hydrogen (secondary N) is 1. The third-order valence-corrected chi connectivity index (χ3v) is 4.04. The highest BCUT2D eigenvalue weighted by atomic mass is 32.2. The van der Waals surface area contributed by atoms with Crippen LogP contribution < -0.4 is 5.32 Å². The zero-order valence-electron chi connectivity index (χ0n) is 13.1. The molecule has 0 spiro atoms. The largest absolute Gasteiger partial charge is 0.370 e. The monoisotopic (exact) mass is 302 g/mol. The normalized spacial score (nSPS) is 10.7. The van der Waals surface area contributed by atoms with Gasteiger partial charge in [0.2, 0.25) is 0 Å². The Kier molecular flexibility index (Phi) is 5.56. The molecule has 2 rings (SSSR count). The molecule has 112 valence electrons. The minimum atomic E-state index is 0.903. The molecule has 0 radical (unpaired) electrons. The number of pyridine rings is 1. The van der Waals surface area contributed by atoms with Crippen LogP contribution in [0.25, 0.3) is 0 Å². The molecule has 5 heteroatoms. The van der Waals surface area contributed by atoms with Gasteiger partial charge in [-0.3, -0.25) is 0 Å². The Morgan fingerprint density at radius 2 is 1.95 bits per heavy atom. The number of aryl methyl sites for hydroxylation is 2. The summed E-state index contributed by atoms with van der Waals surface area (Å²) in [5.41, 5.74) is 3.42. The van der Waals surface area contributed by atoms with Crippen LogP contribution in [0.1, 0.15) is 37.1 Å². The smallest absolute Gasteiger partial charge is 0.133 e. The van der Waals surface area contributed by atoms with E-state index in [-0.39, 0.29) is 0 Å². The van der Waals surface area contributed by atoms with Crippen molar-refractivity contribution in [2.24, 2.45) is 0 Å². The number of aromatic nitrogens is 3. The topological polar surface area (TPSA) is 50.7 Å². The molecule has 21 heavy (non-hydrogen) atoms. The van der Waals surface area contributed by atoms with Gasteiger partial charge in [-0.05, 0) is 56.1 Å². The molecule has 1 N–H and O–H groups in total. The SMILES string of the molecule is CCCNc1ncnc(Sc2cc(C)cc(C)n2)c1CC. The van der Waals surface area contributed by atoms with Crippen molar-refractivity contribution in [1.82, 2.24) is 15.0 Å². The van der Waals surface area contributed by atoms with Crippen LogP contribution in [0.3, 0.4) is 0 Å². The molecule has 2 aromatic heterocycles. The van der Waals surface area contributed by atoms with E-state index in [4.69, 9.17) is 0 Å². The average molecular weight is 302 g/mol. The van der Waals surface area contributed by atoms with Gasteiger partial charge in [0.25, 0.3) is 0 Å². The van der Waals surface area contributed by atoms with Crippen LogP contribution in [0.5, 0.6) is 0 Å². The number of hydrogen-bond acceptors (Lipinski definition) is 5. The fraction of sp³-hybridized carbons (Fsp3) is 0.438. The average Bonchev–Trinajstić information content (AvgIpc) is 2.44. The van der Waals surface area contributed by atoms with Crippen molar-refractivity contribution in [2.45, 2.75) is 50.6 Å². The molecule has 0 aliphatic heterocycles. The van der Waals surface area contributed by atoms with E-state index in [9.17, 15) is 0 Å². The molecule has 0 unspecified atom stereocenters. The summed E-state index contributed by atoms with van der Waals surface area (Å²) in [6.07, 6.45) is 3.61. The highest BCUT2D eigenvalue weighted by molar-refractivity contribution is 7.99. The van der Waals surface area contributed by atoms with Crippen molar-refractivity contribution in [2.75, 3.05) is 11.9 Å². The summed E-state index contributed by atoms with van der Waals surface area (Å²) < 4.78 is 0. The number of nitrogens with zero attached hydrogens (tertiary/aromatic N) is 3. The second-order valence-corrected chi connectivity index (χ2v) is 6.02. The van der Waals surface area contributed by atoms with Crippen LogP contribution in [0, 0.1) is 13.8 Å². The van der Waals surface area contributed by atoms with Gasteiger partial charge in [-0.25, -0.2) is 15.0 Å². The fourth-order valence-corrected chi connectivity index (χ4v) is 3.25. The van der Waals surface area contributed by atoms with Crippen LogP contribution >= 0.6 is 11.8 Å². The minimum Gasteiger partial charge on any atom is -0.370 e. The first-order chi connectivity index (χ1) is 10.1. The van der Waals surface area contributed by atoms with E-state index >= 15 is 0 Å². The summed E-state index contributed by atoms with van der Waals surface area (Å²) in [4.78, 5) is 13.4. The van der Waals surface area contributed by atoms with Crippen molar-refractivity contribution in [3.05, 3.63) is 35.3 Å². The molecule has 0 saturated heterocycles. The first-order valence-electron chi connectivity index (χ1n) is 7.35. The minimum absolute atomic E-state index is 0.903. The van der Waals surface area contributed by atoms with Crippen LogP contribution in [-0.4, -0.2) is 21.5 Å². The van der Waals surface area contributed by atoms with Crippen LogP contribution in [0.4, 0.5) is 5.82 Å². The molecule has 0 amide bonds. The van der Waals surface area contributed by atoms with Gasteiger partial charge in [0.15, 0.2) is 0 Å². The van der Waals surface area contributed by atoms with E-state index in [0.717, 1.165) is 46.5 Å². The number of hydrogen-bond donors (Lipinski definition) is 1. The Labute approximate surface area is 130 Å². The molecule has 0 aliphatic carbocycles. The van der Waals surface area contributed by atoms with Crippen LogP contribution in [0.2, 0.25) is 0 Å². The molecule has 0 fully saturated rings. The Morgan fingerprint density at radius 1 is 1.14 bits per heavy atom. The van der Waals surface area contributed by atoms with Gasteiger partial charge in [0.05, 0.1) is 0 Å². The summed E-state index contributed by atoms with van der Waals surface area (Å²) in [6.45, 7) is 9.32. The van der Waals surface area contributed by atoms with Gasteiger partial charge < -0.3 is 5.32 Å². The summed E-state index contributed by atoms with van der Waals surface area (Å²) in [6, 6.07) is 4.18. The lowest BCUT2D eigenvalue weighted by Gasteiger charge is -2.12. The zero-order chi connectivity index (χ0) is 15.2. The molecule has 0 saturated carbocycles. The summed E-state index contributed by atoms with van der Waals surface area (Å²) in [7, 11) is 0. The Balaban J connectivity index is 2.30. The summed E-state index contributed by atoms with van der Waals surface area (Å²) in [5, 5.41) is 5.36. The molecular weight excluding hydrogens is 280 g/mol. The van der Waals surface area contributed by atoms with Crippen molar-refractivity contribution in [3.8, 4) is 0 Å². The predicted molar refractivity (Wildman–Crippen MR) is 88.0 cm³/mol. The molecule has 0 bridgehead atoms. The van der Waals surface area contributed by atoms with E-state index in [1.807, 2.05) is 6.92 Å². The number of anilines is 1. The summed E-state index contributed by atoms with van der Waals surface area (Å²) in [5.74, 6) is 0.946. The van der Waals surface area contributed by atoms with Gasteiger partial charge in [-0.2, -0.15) is 0 Å². The summed E-state index contributed by atoms with van der Waals surface area (Å²) >= 11 is 1.61. The first kappa shape index (κ1) is 15.8. The highest BCUT2D eigenvalue weighted by Crippen LogP contribution is 2.31. The maximum absolute atomic E-state index is 4.58. The van der Waals surface area contributed by atoms with Crippen LogP contribution in [0.15, 0.2) is 28.5 Å². The molecule has 0 aliphatic rings. The fourth-order valence-electron chi connectivity index (χ4n) is 2.15. The van der Waals surface area contributed by atoms with Gasteiger partial charge >= 0.3 is 0 Å². The zero-order valence-corrected chi connectivity index (χ0v) is 13.9. The molecule has 0 aromatic carbocycles. The van der Waals surface area contributed by atoms with Crippen LogP contribution in [-0.2, 0) is 6.42 Å². The van der Waals surface area contributed by atoms with Gasteiger partial charge in [0.1, 0.15) is 22.2 Å². The van der Waals surface area contributed by atoms with Gasteiger partial charge in [-0.1, -0.05) is 13.8 Å². The van der Waals surface area contributed by atoms with E-state index in [0.29, 0.717) is 0 Å². The van der Waals surface area contributed by atoms with Crippen molar-refractivity contribution >= 4 is 17.6 Å². The second kappa shape index (κ2) is 7.41. The third-order valence-electron chi connectivity index (χ3n) is 3.08. The third kappa shape index (κ3) is 4.17. The molecule has 2 heterocycles. The number of rotatable bonds is 6. The van der Waals surface area contributed by atoms with E-state index < -0.39 is 0 Å². The van der Waals surface area contributed by atoms with Crippen molar-refractivity contribution in [1.29, 1.82) is 0 Å².